The molecule has 0 spiro atoms. The van der Waals surface area contributed by atoms with Gasteiger partial charge in [-0.2, -0.15) is 13.2 Å². The maximum absolute atomic E-state index is 12.9. The maximum Gasteiger partial charge on any atom is 0.416 e. The van der Waals surface area contributed by atoms with E-state index >= 15 is 0 Å². The number of benzene rings is 1. The summed E-state index contributed by atoms with van der Waals surface area (Å²) in [6, 6.07) is 3.98. The lowest BCUT2D eigenvalue weighted by atomic mass is 9.96. The molecule has 0 amide bonds. The van der Waals surface area contributed by atoms with Crippen LogP contribution in [0.15, 0.2) is 18.2 Å². The molecule has 3 nitrogen and oxygen atoms in total. The van der Waals surface area contributed by atoms with E-state index in [1.165, 1.54) is 13.2 Å². The molecule has 1 heterocycles. The first kappa shape index (κ1) is 24.3. The van der Waals surface area contributed by atoms with Crippen LogP contribution >= 0.6 is 24.8 Å². The molecule has 1 N–H and O–H groups in total. The second-order valence-electron chi connectivity index (χ2n) is 5.90. The fourth-order valence-corrected chi connectivity index (χ4v) is 3.09. The van der Waals surface area contributed by atoms with E-state index < -0.39 is 11.7 Å². The van der Waals surface area contributed by atoms with Crippen LogP contribution in [0.1, 0.15) is 43.4 Å². The lowest BCUT2D eigenvalue weighted by Crippen LogP contribution is -2.45. The third-order valence-electron chi connectivity index (χ3n) is 4.34. The van der Waals surface area contributed by atoms with Gasteiger partial charge in [-0.1, -0.05) is 25.8 Å². The Morgan fingerprint density at radius 3 is 2.36 bits per heavy atom. The van der Waals surface area contributed by atoms with E-state index in [-0.39, 0.29) is 30.9 Å². The molecule has 146 valence electrons. The number of halogens is 5. The molecule has 1 saturated heterocycles. The fraction of sp³-hybridized carbons (Fsp3) is 0.647. The predicted molar refractivity (Wildman–Crippen MR) is 99.2 cm³/mol. The van der Waals surface area contributed by atoms with E-state index in [1.807, 2.05) is 0 Å². The first-order valence-electron chi connectivity index (χ1n) is 8.17. The number of hydrogen-bond donors (Lipinski definition) is 1. The van der Waals surface area contributed by atoms with Gasteiger partial charge < -0.3 is 10.1 Å². The van der Waals surface area contributed by atoms with Crippen molar-refractivity contribution in [2.24, 2.45) is 0 Å². The minimum atomic E-state index is -4.35. The molecule has 0 aromatic heterocycles. The van der Waals surface area contributed by atoms with Crippen LogP contribution in [0.3, 0.4) is 0 Å². The first-order chi connectivity index (χ1) is 11.0. The predicted octanol–water partition coefficient (Wildman–Crippen LogP) is 4.69. The van der Waals surface area contributed by atoms with Crippen LogP contribution in [-0.2, 0) is 6.18 Å². The van der Waals surface area contributed by atoms with Crippen LogP contribution in [0.2, 0.25) is 0 Å². The van der Waals surface area contributed by atoms with Gasteiger partial charge in [0.05, 0.1) is 12.7 Å². The number of piperazine rings is 1. The molecular formula is C17H27Cl2F3N2O. The van der Waals surface area contributed by atoms with Gasteiger partial charge in [-0.3, -0.25) is 4.90 Å². The van der Waals surface area contributed by atoms with Crippen molar-refractivity contribution in [3.05, 3.63) is 29.3 Å². The molecule has 0 saturated carbocycles. The van der Waals surface area contributed by atoms with Crippen molar-refractivity contribution in [1.82, 2.24) is 10.2 Å². The van der Waals surface area contributed by atoms with Crippen LogP contribution in [0, 0.1) is 0 Å². The molecule has 0 radical (unpaired) electrons. The van der Waals surface area contributed by atoms with E-state index in [0.717, 1.165) is 57.1 Å². The van der Waals surface area contributed by atoms with E-state index in [0.29, 0.717) is 5.75 Å². The highest BCUT2D eigenvalue weighted by molar-refractivity contribution is 5.85. The fourth-order valence-electron chi connectivity index (χ4n) is 3.09. The van der Waals surface area contributed by atoms with Crippen LogP contribution < -0.4 is 10.1 Å². The molecular weight excluding hydrogens is 376 g/mol. The summed E-state index contributed by atoms with van der Waals surface area (Å²) in [6.07, 6.45) is -1.32. The second kappa shape index (κ2) is 11.1. The van der Waals surface area contributed by atoms with Crippen LogP contribution in [0.25, 0.3) is 0 Å². The molecule has 0 aliphatic carbocycles. The van der Waals surface area contributed by atoms with E-state index in [4.69, 9.17) is 4.74 Å². The molecule has 0 unspecified atom stereocenters. The molecule has 2 rings (SSSR count). The summed E-state index contributed by atoms with van der Waals surface area (Å²) in [5, 5.41) is 3.31. The topological polar surface area (TPSA) is 24.5 Å². The second-order valence-corrected chi connectivity index (χ2v) is 5.90. The van der Waals surface area contributed by atoms with Gasteiger partial charge in [-0.25, -0.2) is 0 Å². The van der Waals surface area contributed by atoms with Crippen molar-refractivity contribution in [3.63, 3.8) is 0 Å². The smallest absolute Gasteiger partial charge is 0.416 e. The molecule has 25 heavy (non-hydrogen) atoms. The zero-order chi connectivity index (χ0) is 16.9. The summed E-state index contributed by atoms with van der Waals surface area (Å²) in [5.41, 5.74) is 0.198. The van der Waals surface area contributed by atoms with Gasteiger partial charge >= 0.3 is 6.18 Å². The number of alkyl halides is 3. The third kappa shape index (κ3) is 6.51. The molecule has 1 aromatic carbocycles. The Labute approximate surface area is 160 Å². The van der Waals surface area contributed by atoms with Gasteiger partial charge in [0, 0.05) is 37.8 Å². The Morgan fingerprint density at radius 2 is 1.84 bits per heavy atom. The summed E-state index contributed by atoms with van der Waals surface area (Å²) in [7, 11) is 1.44. The number of rotatable bonds is 6. The lowest BCUT2D eigenvalue weighted by Gasteiger charge is -2.36. The minimum Gasteiger partial charge on any atom is -0.496 e. The number of methoxy groups -OCH3 is 1. The van der Waals surface area contributed by atoms with E-state index in [2.05, 4.69) is 17.1 Å². The molecule has 1 aromatic rings. The van der Waals surface area contributed by atoms with Crippen molar-refractivity contribution >= 4 is 24.8 Å². The maximum atomic E-state index is 12.9. The van der Waals surface area contributed by atoms with Crippen LogP contribution in [0.5, 0.6) is 5.75 Å². The summed E-state index contributed by atoms with van der Waals surface area (Å²) in [4.78, 5) is 2.34. The Balaban J connectivity index is 0.00000288. The van der Waals surface area contributed by atoms with E-state index in [9.17, 15) is 13.2 Å². The van der Waals surface area contributed by atoms with Gasteiger partial charge in [-0.05, 0) is 18.6 Å². The molecule has 0 bridgehead atoms. The highest BCUT2D eigenvalue weighted by Crippen LogP contribution is 2.38. The Kier molecular flexibility index (Phi) is 10.8. The quantitative estimate of drug-likeness (QED) is 0.746. The van der Waals surface area contributed by atoms with Gasteiger partial charge in [-0.15, -0.1) is 24.8 Å². The largest absolute Gasteiger partial charge is 0.496 e. The third-order valence-corrected chi connectivity index (χ3v) is 4.34. The van der Waals surface area contributed by atoms with Gasteiger partial charge in [0.2, 0.25) is 0 Å². The Morgan fingerprint density at radius 1 is 1.20 bits per heavy atom. The molecule has 8 heteroatoms. The summed E-state index contributed by atoms with van der Waals surface area (Å²) < 4.78 is 44.1. The van der Waals surface area contributed by atoms with Crippen molar-refractivity contribution < 1.29 is 17.9 Å². The SMILES string of the molecule is CCCC[C@@H](c1ccc(C(F)(F)F)cc1OC)N1CCNCC1.Cl.Cl. The van der Waals surface area contributed by atoms with E-state index in [1.54, 1.807) is 6.07 Å². The van der Waals surface area contributed by atoms with Crippen LogP contribution in [0.4, 0.5) is 13.2 Å². The van der Waals surface area contributed by atoms with Gasteiger partial charge in [0.25, 0.3) is 0 Å². The average Bonchev–Trinajstić information content (AvgIpc) is 2.55. The summed E-state index contributed by atoms with van der Waals surface area (Å²) in [5.74, 6) is 0.333. The minimum absolute atomic E-state index is 0. The van der Waals surface area contributed by atoms with Crippen molar-refractivity contribution in [2.45, 2.75) is 38.4 Å². The monoisotopic (exact) mass is 402 g/mol. The van der Waals surface area contributed by atoms with Crippen molar-refractivity contribution in [1.29, 1.82) is 0 Å². The summed E-state index contributed by atoms with van der Waals surface area (Å²) in [6.45, 7) is 5.74. The molecule has 1 aliphatic rings. The molecule has 1 fully saturated rings. The zero-order valence-electron chi connectivity index (χ0n) is 14.6. The normalized spacial score (nSPS) is 16.5. The molecule has 1 atom stereocenters. The Hall–Kier alpha value is -0.690. The summed E-state index contributed by atoms with van der Waals surface area (Å²) >= 11 is 0. The van der Waals surface area contributed by atoms with Crippen LogP contribution in [-0.4, -0.2) is 38.2 Å². The highest BCUT2D eigenvalue weighted by Gasteiger charge is 2.32. The number of nitrogens with one attached hydrogen (secondary N) is 1. The lowest BCUT2D eigenvalue weighted by molar-refractivity contribution is -0.137. The number of hydrogen-bond acceptors (Lipinski definition) is 3. The highest BCUT2D eigenvalue weighted by atomic mass is 35.5. The number of ether oxygens (including phenoxy) is 1. The van der Waals surface area contributed by atoms with Gasteiger partial charge in [0.15, 0.2) is 0 Å². The molecule has 1 aliphatic heterocycles. The number of nitrogens with zero attached hydrogens (tertiary/aromatic N) is 1. The van der Waals surface area contributed by atoms with Gasteiger partial charge in [0.1, 0.15) is 5.75 Å². The average molecular weight is 403 g/mol. The van der Waals surface area contributed by atoms with Crippen molar-refractivity contribution in [2.75, 3.05) is 33.3 Å². The Bertz CT molecular complexity index is 509. The number of unbranched alkanes of at least 4 members (excludes halogenated alkanes) is 1. The zero-order valence-corrected chi connectivity index (χ0v) is 16.2. The van der Waals surface area contributed by atoms with Crippen molar-refractivity contribution in [3.8, 4) is 5.75 Å². The standard InChI is InChI=1S/C17H25F3N2O.2ClH/c1-3-4-5-15(22-10-8-21-9-11-22)14-7-6-13(17(18,19)20)12-16(14)23-2;;/h6-7,12,15,21H,3-5,8-11H2,1-2H3;2*1H/t15-;;/m0../s1. The first-order valence-corrected chi connectivity index (χ1v) is 8.17.